The molecule has 1 aliphatic rings. The number of methoxy groups -OCH3 is 1. The van der Waals surface area contributed by atoms with Crippen molar-refractivity contribution < 1.29 is 18.7 Å². The lowest BCUT2D eigenvalue weighted by Crippen LogP contribution is -2.25. The highest BCUT2D eigenvalue weighted by Gasteiger charge is 2.32. The molecule has 154 valence electrons. The van der Waals surface area contributed by atoms with Crippen molar-refractivity contribution in [2.45, 2.75) is 6.10 Å². The topological polar surface area (TPSA) is 69.5 Å². The zero-order valence-electron chi connectivity index (χ0n) is 16.1. The lowest BCUT2D eigenvalue weighted by Gasteiger charge is -2.14. The molecule has 30 heavy (non-hydrogen) atoms. The number of ether oxygens (including phenoxy) is 2. The van der Waals surface area contributed by atoms with Crippen molar-refractivity contribution in [1.29, 1.82) is 0 Å². The number of nitrogens with zero attached hydrogens (tertiary/aromatic N) is 4. The van der Waals surface area contributed by atoms with E-state index in [1.807, 2.05) is 29.9 Å². The smallest absolute Gasteiger partial charge is 0.414 e. The second-order valence-electron chi connectivity index (χ2n) is 6.57. The minimum Gasteiger partial charge on any atom is -0.441 e. The summed E-state index contributed by atoms with van der Waals surface area (Å²) < 4.78 is 30.3. The molecule has 5 rings (SSSR count). The van der Waals surface area contributed by atoms with Gasteiger partial charge in [-0.2, -0.15) is 0 Å². The second-order valence-corrected chi connectivity index (χ2v) is 7.26. The van der Waals surface area contributed by atoms with Gasteiger partial charge >= 0.3 is 6.09 Å². The normalized spacial score (nSPS) is 15.7. The highest BCUT2D eigenvalue weighted by Crippen LogP contribution is 2.27. The monoisotopic (exact) mass is 426 g/mol. The highest BCUT2D eigenvalue weighted by atomic mass is 32.1. The molecule has 7 nitrogen and oxygen atoms in total. The van der Waals surface area contributed by atoms with Gasteiger partial charge in [0.15, 0.2) is 0 Å². The Bertz CT molecular complexity index is 1080. The highest BCUT2D eigenvalue weighted by molar-refractivity contribution is 7.03. The Balaban J connectivity index is 0.000000383. The molecule has 1 fully saturated rings. The maximum absolute atomic E-state index is 14.7. The predicted octanol–water partition coefficient (Wildman–Crippen LogP) is 4.28. The van der Waals surface area contributed by atoms with Gasteiger partial charge in [-0.25, -0.2) is 13.6 Å². The van der Waals surface area contributed by atoms with Crippen LogP contribution < -0.4 is 4.90 Å². The maximum atomic E-state index is 14.7. The van der Waals surface area contributed by atoms with Crippen LogP contribution in [0.2, 0.25) is 0 Å². The molecule has 4 heterocycles. The molecule has 4 aromatic rings. The zero-order chi connectivity index (χ0) is 20.9. The third kappa shape index (κ3) is 4.32. The van der Waals surface area contributed by atoms with Crippen molar-refractivity contribution in [3.05, 3.63) is 72.5 Å². The van der Waals surface area contributed by atoms with Crippen LogP contribution in [0.15, 0.2) is 66.7 Å². The van der Waals surface area contributed by atoms with Gasteiger partial charge in [0.25, 0.3) is 0 Å². The van der Waals surface area contributed by atoms with E-state index in [0.29, 0.717) is 24.5 Å². The Hall–Kier alpha value is -3.30. The number of cyclic esters (lactones) is 1. The van der Waals surface area contributed by atoms with Gasteiger partial charge in [0.2, 0.25) is 0 Å². The van der Waals surface area contributed by atoms with E-state index in [9.17, 15) is 9.18 Å². The number of halogens is 1. The summed E-state index contributed by atoms with van der Waals surface area (Å²) in [6, 6.07) is 8.47. The van der Waals surface area contributed by atoms with Crippen molar-refractivity contribution in [1.82, 2.24) is 13.9 Å². The third-order valence-corrected chi connectivity index (χ3v) is 5.06. The summed E-state index contributed by atoms with van der Waals surface area (Å²) in [6.07, 6.45) is 8.02. The van der Waals surface area contributed by atoms with Gasteiger partial charge in [0.1, 0.15) is 11.9 Å². The molecule has 1 unspecified atom stereocenters. The molecule has 1 saturated heterocycles. The van der Waals surface area contributed by atoms with Crippen molar-refractivity contribution >= 4 is 34.1 Å². The number of rotatable bonds is 4. The fraction of sp³-hybridized carbons (Fsp3) is 0.190. The Morgan fingerprint density at radius 3 is 2.80 bits per heavy atom. The molecule has 0 N–H and O–H groups in total. The fourth-order valence-electron chi connectivity index (χ4n) is 3.17. The predicted molar refractivity (Wildman–Crippen MR) is 113 cm³/mol. The molecular formula is C21H19FN4O3S. The quantitative estimate of drug-likeness (QED) is 0.487. The molecule has 0 saturated carbocycles. The fourth-order valence-corrected chi connectivity index (χ4v) is 3.52. The average Bonchev–Trinajstić information content (AvgIpc) is 3.50. The number of carbonyl (C=O) groups excluding carboxylic acids is 1. The summed E-state index contributed by atoms with van der Waals surface area (Å²) in [5.74, 6) is -0.422. The van der Waals surface area contributed by atoms with Crippen LogP contribution in [-0.4, -0.2) is 46.4 Å². The van der Waals surface area contributed by atoms with E-state index in [1.54, 1.807) is 42.4 Å². The van der Waals surface area contributed by atoms with Crippen molar-refractivity contribution in [2.24, 2.45) is 0 Å². The number of amides is 1. The van der Waals surface area contributed by atoms with Gasteiger partial charge < -0.3 is 14.0 Å². The number of anilines is 1. The first-order valence-corrected chi connectivity index (χ1v) is 10.0. The number of aromatic nitrogens is 3. The number of hydrogen-bond acceptors (Lipinski definition) is 6. The molecule has 0 bridgehead atoms. The van der Waals surface area contributed by atoms with Crippen LogP contribution in [0, 0.1) is 5.82 Å². The molecule has 9 heteroatoms. The molecule has 3 aromatic heterocycles. The summed E-state index contributed by atoms with van der Waals surface area (Å²) in [6.45, 7) is 0.650. The summed E-state index contributed by atoms with van der Waals surface area (Å²) in [5.41, 5.74) is 0.865. The molecular weight excluding hydrogens is 407 g/mol. The largest absolute Gasteiger partial charge is 0.441 e. The Morgan fingerprint density at radius 2 is 2.13 bits per heavy atom. The Labute approximate surface area is 176 Å². The summed E-state index contributed by atoms with van der Waals surface area (Å²) >= 11 is 1.46. The van der Waals surface area contributed by atoms with Gasteiger partial charge in [-0.05, 0) is 41.9 Å². The molecule has 1 aliphatic heterocycles. The molecule has 1 atom stereocenters. The number of hydrogen-bond donors (Lipinski definition) is 0. The van der Waals surface area contributed by atoms with Crippen LogP contribution in [0.3, 0.4) is 0 Å². The number of pyridine rings is 1. The summed E-state index contributed by atoms with van der Waals surface area (Å²) in [4.78, 5) is 17.4. The molecule has 1 amide bonds. The van der Waals surface area contributed by atoms with E-state index in [2.05, 4.69) is 9.36 Å². The third-order valence-electron chi connectivity index (χ3n) is 4.54. The number of carbonyl (C=O) groups is 1. The zero-order valence-corrected chi connectivity index (χ0v) is 17.0. The molecule has 0 spiro atoms. The van der Waals surface area contributed by atoms with Crippen LogP contribution >= 0.6 is 11.5 Å². The first kappa shape index (κ1) is 20.0. The van der Waals surface area contributed by atoms with Crippen LogP contribution in [-0.2, 0) is 9.47 Å². The summed E-state index contributed by atoms with van der Waals surface area (Å²) in [7, 11) is 1.54. The average molecular weight is 426 g/mol. The van der Waals surface area contributed by atoms with Gasteiger partial charge in [-0.15, -0.1) is 0 Å². The first-order chi connectivity index (χ1) is 14.7. The van der Waals surface area contributed by atoms with Gasteiger partial charge in [0, 0.05) is 54.2 Å². The maximum Gasteiger partial charge on any atom is 0.414 e. The second kappa shape index (κ2) is 9.02. The van der Waals surface area contributed by atoms with E-state index >= 15 is 0 Å². The minimum atomic E-state index is -0.494. The molecule has 1 aromatic carbocycles. The van der Waals surface area contributed by atoms with Crippen molar-refractivity contribution in [2.75, 3.05) is 25.2 Å². The van der Waals surface area contributed by atoms with E-state index in [1.165, 1.54) is 22.5 Å². The molecule has 0 aliphatic carbocycles. The van der Waals surface area contributed by atoms with Gasteiger partial charge in [-0.3, -0.25) is 9.88 Å². The van der Waals surface area contributed by atoms with Crippen LogP contribution in [0.5, 0.6) is 0 Å². The van der Waals surface area contributed by atoms with E-state index in [0.717, 1.165) is 10.8 Å². The van der Waals surface area contributed by atoms with E-state index in [4.69, 9.17) is 9.47 Å². The lowest BCUT2D eigenvalue weighted by molar-refractivity contribution is 0.0718. The van der Waals surface area contributed by atoms with Gasteiger partial charge in [0.05, 0.1) is 24.5 Å². The molecule has 0 radical (unpaired) electrons. The minimum absolute atomic E-state index is 0.312. The number of fused-ring (bicyclic) bond motifs is 1. The van der Waals surface area contributed by atoms with Gasteiger partial charge in [-0.1, -0.05) is 0 Å². The summed E-state index contributed by atoms with van der Waals surface area (Å²) in [5, 5.41) is 3.83. The standard InChI is InChI=1S/C18H16FN3O3.C3H3NS/c1-24-11-15-10-22(18(23)25-15)14-2-3-17(16(19)6-14)21-8-12-4-5-20-7-13(12)9-21;1-2-4-5-3-1/h2-9,15H,10-11H2,1H3;1-3H. The van der Waals surface area contributed by atoms with Crippen LogP contribution in [0.25, 0.3) is 16.5 Å². The Kier molecular flexibility index (Phi) is 6.01. The van der Waals surface area contributed by atoms with Crippen molar-refractivity contribution in [3.8, 4) is 5.69 Å². The van der Waals surface area contributed by atoms with Crippen molar-refractivity contribution in [3.63, 3.8) is 0 Å². The SMILES string of the molecule is COCC1CN(c2ccc(-n3cc4ccncc4c3)c(F)c2)C(=O)O1.c1cnsc1. The number of benzene rings is 1. The Morgan fingerprint density at radius 1 is 1.27 bits per heavy atom. The lowest BCUT2D eigenvalue weighted by atomic mass is 10.2. The van der Waals surface area contributed by atoms with E-state index < -0.39 is 11.9 Å². The van der Waals surface area contributed by atoms with E-state index in [-0.39, 0.29) is 6.10 Å². The van der Waals surface area contributed by atoms with Crippen LogP contribution in [0.1, 0.15) is 0 Å². The first-order valence-electron chi connectivity index (χ1n) is 9.19. The van der Waals surface area contributed by atoms with Crippen LogP contribution in [0.4, 0.5) is 14.9 Å².